The van der Waals surface area contributed by atoms with Gasteiger partial charge in [-0.1, -0.05) is 0 Å². The largest absolute Gasteiger partial charge is 0.295 e. The van der Waals surface area contributed by atoms with Gasteiger partial charge in [0.25, 0.3) is 0 Å². The van der Waals surface area contributed by atoms with Crippen molar-refractivity contribution in [1.29, 1.82) is 0 Å². The SMILES string of the molecule is Cc1ccc(C(=O)C2CSCCN2C)cn1. The fraction of sp³-hybridized carbons (Fsp3) is 0.500. The van der Waals surface area contributed by atoms with Gasteiger partial charge >= 0.3 is 0 Å². The predicted molar refractivity (Wildman–Crippen MR) is 67.0 cm³/mol. The van der Waals surface area contributed by atoms with Crippen LogP contribution >= 0.6 is 11.8 Å². The monoisotopic (exact) mass is 236 g/mol. The Morgan fingerprint density at radius 3 is 3.00 bits per heavy atom. The number of likely N-dealkylation sites (N-methyl/N-ethyl adjacent to an activating group) is 1. The van der Waals surface area contributed by atoms with Crippen LogP contribution in [0.15, 0.2) is 18.3 Å². The maximum absolute atomic E-state index is 12.2. The third kappa shape index (κ3) is 2.44. The van der Waals surface area contributed by atoms with Crippen LogP contribution in [0.3, 0.4) is 0 Å². The molecule has 1 atom stereocenters. The lowest BCUT2D eigenvalue weighted by Crippen LogP contribution is -2.44. The molecule has 1 aliphatic heterocycles. The minimum Gasteiger partial charge on any atom is -0.295 e. The molecule has 0 aliphatic carbocycles. The first-order valence-corrected chi connectivity index (χ1v) is 6.59. The highest BCUT2D eigenvalue weighted by molar-refractivity contribution is 7.99. The number of carbonyl (C=O) groups excluding carboxylic acids is 1. The van der Waals surface area contributed by atoms with Gasteiger partial charge in [-0.3, -0.25) is 14.7 Å². The van der Waals surface area contributed by atoms with Gasteiger partial charge in [-0.05, 0) is 26.1 Å². The third-order valence-corrected chi connectivity index (χ3v) is 3.92. The molecule has 0 radical (unpaired) electrons. The van der Waals surface area contributed by atoms with Gasteiger partial charge in [-0.25, -0.2) is 0 Å². The fourth-order valence-corrected chi connectivity index (χ4v) is 2.98. The number of hydrogen-bond acceptors (Lipinski definition) is 4. The van der Waals surface area contributed by atoms with E-state index in [-0.39, 0.29) is 11.8 Å². The average molecular weight is 236 g/mol. The number of Topliss-reactive ketones (excluding diaryl/α,β-unsaturated/α-hetero) is 1. The molecule has 86 valence electrons. The lowest BCUT2D eigenvalue weighted by Gasteiger charge is -2.30. The van der Waals surface area contributed by atoms with Crippen LogP contribution < -0.4 is 0 Å². The van der Waals surface area contributed by atoms with Crippen molar-refractivity contribution in [3.63, 3.8) is 0 Å². The minimum absolute atomic E-state index is 0.0169. The van der Waals surface area contributed by atoms with Crippen molar-refractivity contribution in [2.75, 3.05) is 25.1 Å². The Bertz CT molecular complexity index is 377. The van der Waals surface area contributed by atoms with Crippen LogP contribution in [0.4, 0.5) is 0 Å². The first kappa shape index (κ1) is 11.6. The van der Waals surface area contributed by atoms with Gasteiger partial charge in [-0.2, -0.15) is 11.8 Å². The Hall–Kier alpha value is -0.870. The van der Waals surface area contributed by atoms with Crippen molar-refractivity contribution in [1.82, 2.24) is 9.88 Å². The van der Waals surface area contributed by atoms with Crippen molar-refractivity contribution in [3.8, 4) is 0 Å². The van der Waals surface area contributed by atoms with Crippen LogP contribution in [0.5, 0.6) is 0 Å². The molecule has 4 heteroatoms. The molecule has 2 heterocycles. The Balaban J connectivity index is 2.14. The molecule has 1 saturated heterocycles. The van der Waals surface area contributed by atoms with Crippen molar-refractivity contribution in [2.24, 2.45) is 0 Å². The van der Waals surface area contributed by atoms with E-state index < -0.39 is 0 Å². The number of nitrogens with zero attached hydrogens (tertiary/aromatic N) is 2. The summed E-state index contributed by atoms with van der Waals surface area (Å²) in [6.07, 6.45) is 1.69. The van der Waals surface area contributed by atoms with E-state index in [0.29, 0.717) is 0 Å². The van der Waals surface area contributed by atoms with Gasteiger partial charge in [0.15, 0.2) is 5.78 Å². The maximum atomic E-state index is 12.2. The zero-order valence-electron chi connectivity index (χ0n) is 9.64. The van der Waals surface area contributed by atoms with E-state index in [4.69, 9.17) is 0 Å². The van der Waals surface area contributed by atoms with Crippen molar-refractivity contribution >= 4 is 17.5 Å². The second-order valence-corrected chi connectivity index (χ2v) is 5.27. The smallest absolute Gasteiger partial charge is 0.182 e. The number of carbonyl (C=O) groups is 1. The first-order valence-electron chi connectivity index (χ1n) is 5.43. The number of hydrogen-bond donors (Lipinski definition) is 0. The van der Waals surface area contributed by atoms with E-state index in [0.717, 1.165) is 29.3 Å². The molecule has 16 heavy (non-hydrogen) atoms. The van der Waals surface area contributed by atoms with Crippen molar-refractivity contribution < 1.29 is 4.79 Å². The molecule has 0 bridgehead atoms. The second-order valence-electron chi connectivity index (χ2n) is 4.12. The molecule has 3 nitrogen and oxygen atoms in total. The van der Waals surface area contributed by atoms with Gasteiger partial charge in [0.05, 0.1) is 6.04 Å². The standard InChI is InChI=1S/C12H16N2OS/c1-9-3-4-10(7-13-9)12(15)11-8-16-6-5-14(11)2/h3-4,7,11H,5-6,8H2,1-2H3. The summed E-state index contributed by atoms with van der Waals surface area (Å²) < 4.78 is 0. The average Bonchev–Trinajstić information content (AvgIpc) is 2.30. The van der Waals surface area contributed by atoms with Gasteiger partial charge in [0.2, 0.25) is 0 Å². The molecule has 0 spiro atoms. The molecule has 1 aliphatic rings. The van der Waals surface area contributed by atoms with Crippen LogP contribution in [0, 0.1) is 6.92 Å². The number of ketones is 1. The molecule has 0 N–H and O–H groups in total. The summed E-state index contributed by atoms with van der Waals surface area (Å²) in [7, 11) is 2.02. The number of thioether (sulfide) groups is 1. The van der Waals surface area contributed by atoms with E-state index in [1.54, 1.807) is 6.20 Å². The summed E-state index contributed by atoms with van der Waals surface area (Å²) in [5.74, 6) is 2.21. The van der Waals surface area contributed by atoms with Crippen LogP contribution in [-0.4, -0.2) is 46.8 Å². The predicted octanol–water partition coefficient (Wildman–Crippen LogP) is 1.62. The number of aromatic nitrogens is 1. The highest BCUT2D eigenvalue weighted by Gasteiger charge is 2.27. The summed E-state index contributed by atoms with van der Waals surface area (Å²) in [6.45, 7) is 2.91. The highest BCUT2D eigenvalue weighted by Crippen LogP contribution is 2.18. The lowest BCUT2D eigenvalue weighted by molar-refractivity contribution is 0.0874. The Labute approximate surface area is 100 Å². The molecule has 1 unspecified atom stereocenters. The maximum Gasteiger partial charge on any atom is 0.182 e. The quantitative estimate of drug-likeness (QED) is 0.731. The fourth-order valence-electron chi connectivity index (χ4n) is 1.77. The van der Waals surface area contributed by atoms with Gasteiger partial charge in [0, 0.05) is 35.5 Å². The van der Waals surface area contributed by atoms with Gasteiger partial charge < -0.3 is 0 Å². The molecular formula is C12H16N2OS. The molecular weight excluding hydrogens is 220 g/mol. The zero-order valence-corrected chi connectivity index (χ0v) is 10.5. The van der Waals surface area contributed by atoms with Crippen LogP contribution in [0.1, 0.15) is 16.1 Å². The summed E-state index contributed by atoms with van der Waals surface area (Å²) in [4.78, 5) is 18.5. The van der Waals surface area contributed by atoms with Gasteiger partial charge in [0.1, 0.15) is 0 Å². The second kappa shape index (κ2) is 4.97. The van der Waals surface area contributed by atoms with Crippen molar-refractivity contribution in [2.45, 2.75) is 13.0 Å². The molecule has 1 aromatic rings. The Morgan fingerprint density at radius 1 is 1.56 bits per heavy atom. The number of pyridine rings is 1. The van der Waals surface area contributed by atoms with Crippen LogP contribution in [0.2, 0.25) is 0 Å². The van der Waals surface area contributed by atoms with Crippen LogP contribution in [0.25, 0.3) is 0 Å². The van der Waals surface area contributed by atoms with E-state index >= 15 is 0 Å². The van der Waals surface area contributed by atoms with E-state index in [9.17, 15) is 4.79 Å². The summed E-state index contributed by atoms with van der Waals surface area (Å²) in [5.41, 5.74) is 1.67. The molecule has 0 aromatic carbocycles. The summed E-state index contributed by atoms with van der Waals surface area (Å²) >= 11 is 1.85. The lowest BCUT2D eigenvalue weighted by atomic mass is 10.1. The van der Waals surface area contributed by atoms with Crippen LogP contribution in [-0.2, 0) is 0 Å². The zero-order chi connectivity index (χ0) is 11.5. The van der Waals surface area contributed by atoms with E-state index in [2.05, 4.69) is 9.88 Å². The molecule has 0 saturated carbocycles. The summed E-state index contributed by atoms with van der Waals surface area (Å²) in [6, 6.07) is 3.78. The number of aryl methyl sites for hydroxylation is 1. The molecule has 2 rings (SSSR count). The van der Waals surface area contributed by atoms with Crippen molar-refractivity contribution in [3.05, 3.63) is 29.6 Å². The van der Waals surface area contributed by atoms with Gasteiger partial charge in [-0.15, -0.1) is 0 Å². The topological polar surface area (TPSA) is 33.2 Å². The minimum atomic E-state index is 0.0169. The Morgan fingerprint density at radius 2 is 2.38 bits per heavy atom. The normalized spacial score (nSPS) is 22.0. The highest BCUT2D eigenvalue weighted by atomic mass is 32.2. The van der Waals surface area contributed by atoms with E-state index in [1.165, 1.54) is 0 Å². The third-order valence-electron chi connectivity index (χ3n) is 2.89. The van der Waals surface area contributed by atoms with E-state index in [1.807, 2.05) is 37.9 Å². The molecule has 1 fully saturated rings. The molecule has 1 aromatic heterocycles. The Kier molecular flexibility index (Phi) is 3.61. The number of rotatable bonds is 2. The molecule has 0 amide bonds. The summed E-state index contributed by atoms with van der Waals surface area (Å²) in [5, 5.41) is 0. The first-order chi connectivity index (χ1) is 7.68.